The van der Waals surface area contributed by atoms with E-state index in [1.54, 1.807) is 9.80 Å². The van der Waals surface area contributed by atoms with Crippen molar-refractivity contribution in [3.05, 3.63) is 29.8 Å². The van der Waals surface area contributed by atoms with Gasteiger partial charge < -0.3 is 19.3 Å². The second-order valence-corrected chi connectivity index (χ2v) is 5.88. The molecule has 6 heteroatoms. The van der Waals surface area contributed by atoms with Gasteiger partial charge in [0.15, 0.2) is 6.61 Å². The van der Waals surface area contributed by atoms with E-state index in [2.05, 4.69) is 6.92 Å². The smallest absolute Gasteiger partial charge is 0.260 e. The number of hydrogen-bond acceptors (Lipinski definition) is 4. The van der Waals surface area contributed by atoms with E-state index in [0.717, 1.165) is 12.8 Å². The third kappa shape index (κ3) is 5.23. The van der Waals surface area contributed by atoms with Gasteiger partial charge in [0.2, 0.25) is 5.91 Å². The highest BCUT2D eigenvalue weighted by atomic mass is 16.5. The van der Waals surface area contributed by atoms with E-state index in [9.17, 15) is 9.59 Å². The number of nitrogens with zero attached hydrogens (tertiary/aromatic N) is 2. The van der Waals surface area contributed by atoms with Gasteiger partial charge in [-0.3, -0.25) is 9.59 Å². The lowest BCUT2D eigenvalue weighted by Gasteiger charge is -2.34. The Labute approximate surface area is 143 Å². The molecule has 0 atom stereocenters. The van der Waals surface area contributed by atoms with Crippen LogP contribution in [0.15, 0.2) is 24.3 Å². The Morgan fingerprint density at radius 2 is 1.50 bits per heavy atom. The fraction of sp³-hybridized carbons (Fsp3) is 0.556. The van der Waals surface area contributed by atoms with Crippen molar-refractivity contribution in [3.63, 3.8) is 0 Å². The predicted octanol–water partition coefficient (Wildman–Crippen LogP) is 1.34. The average molecular weight is 334 g/mol. The topological polar surface area (TPSA) is 59.1 Å². The maximum absolute atomic E-state index is 12.2. The highest BCUT2D eigenvalue weighted by molar-refractivity contribution is 5.79. The van der Waals surface area contributed by atoms with Crippen LogP contribution in [0.3, 0.4) is 0 Å². The zero-order chi connectivity index (χ0) is 17.4. The highest BCUT2D eigenvalue weighted by Crippen LogP contribution is 2.13. The summed E-state index contributed by atoms with van der Waals surface area (Å²) in [4.78, 5) is 27.4. The minimum atomic E-state index is -0.0496. The summed E-state index contributed by atoms with van der Waals surface area (Å²) in [5, 5.41) is 0. The molecular formula is C18H26N2O4. The van der Waals surface area contributed by atoms with Gasteiger partial charge in [-0.05, 0) is 24.1 Å². The first-order chi connectivity index (χ1) is 11.6. The molecule has 1 heterocycles. The molecule has 0 aliphatic carbocycles. The lowest BCUT2D eigenvalue weighted by molar-refractivity contribution is -0.142. The fourth-order valence-corrected chi connectivity index (χ4v) is 2.70. The molecule has 1 fully saturated rings. The van der Waals surface area contributed by atoms with E-state index in [1.807, 2.05) is 24.3 Å². The molecule has 24 heavy (non-hydrogen) atoms. The lowest BCUT2D eigenvalue weighted by Crippen LogP contribution is -2.52. The van der Waals surface area contributed by atoms with Crippen LogP contribution < -0.4 is 4.74 Å². The maximum Gasteiger partial charge on any atom is 0.260 e. The number of piperazine rings is 1. The van der Waals surface area contributed by atoms with E-state index in [4.69, 9.17) is 9.47 Å². The van der Waals surface area contributed by atoms with Crippen molar-refractivity contribution < 1.29 is 19.1 Å². The fourth-order valence-electron chi connectivity index (χ4n) is 2.70. The minimum absolute atomic E-state index is 0.0269. The molecule has 0 spiro atoms. The molecule has 0 aromatic heterocycles. The van der Waals surface area contributed by atoms with Crippen LogP contribution in [0.5, 0.6) is 5.75 Å². The summed E-state index contributed by atoms with van der Waals surface area (Å²) in [7, 11) is 1.50. The van der Waals surface area contributed by atoms with Gasteiger partial charge in [-0.25, -0.2) is 0 Å². The molecule has 0 radical (unpaired) electrons. The number of aryl methyl sites for hydroxylation is 1. The van der Waals surface area contributed by atoms with E-state index >= 15 is 0 Å². The van der Waals surface area contributed by atoms with Crippen LogP contribution >= 0.6 is 0 Å². The molecule has 0 bridgehead atoms. The Morgan fingerprint density at radius 1 is 0.958 bits per heavy atom. The number of hydrogen-bond donors (Lipinski definition) is 0. The minimum Gasteiger partial charge on any atom is -0.484 e. The van der Waals surface area contributed by atoms with E-state index < -0.39 is 0 Å². The summed E-state index contributed by atoms with van der Waals surface area (Å²) in [5.41, 5.74) is 1.27. The van der Waals surface area contributed by atoms with Crippen LogP contribution in [0.4, 0.5) is 0 Å². The van der Waals surface area contributed by atoms with Crippen molar-refractivity contribution in [3.8, 4) is 5.75 Å². The molecule has 2 rings (SSSR count). The largest absolute Gasteiger partial charge is 0.484 e. The molecule has 1 saturated heterocycles. The quantitative estimate of drug-likeness (QED) is 0.755. The SMILES string of the molecule is CCCc1ccc(OCC(=O)N2CCN(C(=O)COC)CC2)cc1. The van der Waals surface area contributed by atoms with Gasteiger partial charge in [-0.1, -0.05) is 25.5 Å². The molecular weight excluding hydrogens is 308 g/mol. The van der Waals surface area contributed by atoms with Gasteiger partial charge in [-0.2, -0.15) is 0 Å². The first kappa shape index (κ1) is 18.3. The number of carbonyl (C=O) groups is 2. The zero-order valence-corrected chi connectivity index (χ0v) is 14.5. The van der Waals surface area contributed by atoms with Crippen molar-refractivity contribution in [2.45, 2.75) is 19.8 Å². The zero-order valence-electron chi connectivity index (χ0n) is 14.5. The Kier molecular flexibility index (Phi) is 7.06. The molecule has 0 unspecified atom stereocenters. The Hall–Kier alpha value is -2.08. The van der Waals surface area contributed by atoms with Gasteiger partial charge in [0.05, 0.1) is 0 Å². The predicted molar refractivity (Wildman–Crippen MR) is 91.0 cm³/mol. The van der Waals surface area contributed by atoms with Gasteiger partial charge in [-0.15, -0.1) is 0 Å². The normalized spacial score (nSPS) is 14.6. The summed E-state index contributed by atoms with van der Waals surface area (Å²) in [5.74, 6) is 0.622. The molecule has 6 nitrogen and oxygen atoms in total. The van der Waals surface area contributed by atoms with Gasteiger partial charge >= 0.3 is 0 Å². The lowest BCUT2D eigenvalue weighted by atomic mass is 10.1. The van der Waals surface area contributed by atoms with E-state index in [-0.39, 0.29) is 25.0 Å². The van der Waals surface area contributed by atoms with Gasteiger partial charge in [0.25, 0.3) is 5.91 Å². The Morgan fingerprint density at radius 3 is 2.00 bits per heavy atom. The number of carbonyl (C=O) groups excluding carboxylic acids is 2. The van der Waals surface area contributed by atoms with Crippen molar-refractivity contribution in [1.82, 2.24) is 9.80 Å². The Balaban J connectivity index is 1.74. The average Bonchev–Trinajstić information content (AvgIpc) is 2.61. The second kappa shape index (κ2) is 9.27. The van der Waals surface area contributed by atoms with Gasteiger partial charge in [0.1, 0.15) is 12.4 Å². The highest BCUT2D eigenvalue weighted by Gasteiger charge is 2.24. The molecule has 0 N–H and O–H groups in total. The molecule has 1 aliphatic heterocycles. The monoisotopic (exact) mass is 334 g/mol. The molecule has 0 saturated carbocycles. The summed E-state index contributed by atoms with van der Waals surface area (Å²) >= 11 is 0. The van der Waals surface area contributed by atoms with Gasteiger partial charge in [0, 0.05) is 33.3 Å². The maximum atomic E-state index is 12.2. The molecule has 1 aromatic rings. The summed E-state index contributed by atoms with van der Waals surface area (Å²) in [6, 6.07) is 7.87. The number of ether oxygens (including phenoxy) is 2. The van der Waals surface area contributed by atoms with Crippen LogP contribution in [-0.4, -0.2) is 68.1 Å². The first-order valence-corrected chi connectivity index (χ1v) is 8.40. The van der Waals surface area contributed by atoms with E-state index in [0.29, 0.717) is 31.9 Å². The second-order valence-electron chi connectivity index (χ2n) is 5.88. The van der Waals surface area contributed by atoms with E-state index in [1.165, 1.54) is 12.7 Å². The van der Waals surface area contributed by atoms with Crippen LogP contribution in [0.1, 0.15) is 18.9 Å². The molecule has 132 valence electrons. The van der Waals surface area contributed by atoms with Crippen LogP contribution in [0, 0.1) is 0 Å². The Bertz CT molecular complexity index is 536. The van der Waals surface area contributed by atoms with Crippen LogP contribution in [0.2, 0.25) is 0 Å². The van der Waals surface area contributed by atoms with Crippen molar-refractivity contribution >= 4 is 11.8 Å². The summed E-state index contributed by atoms with van der Waals surface area (Å²) < 4.78 is 10.4. The third-order valence-electron chi connectivity index (χ3n) is 4.08. The van der Waals surface area contributed by atoms with Crippen LogP contribution in [-0.2, 0) is 20.7 Å². The standard InChI is InChI=1S/C18H26N2O4/c1-3-4-15-5-7-16(8-6-15)24-14-18(22)20-11-9-19(10-12-20)17(21)13-23-2/h5-8H,3-4,9-14H2,1-2H3. The van der Waals surface area contributed by atoms with Crippen molar-refractivity contribution in [2.75, 3.05) is 46.5 Å². The first-order valence-electron chi connectivity index (χ1n) is 8.40. The third-order valence-corrected chi connectivity index (χ3v) is 4.08. The number of methoxy groups -OCH3 is 1. The number of benzene rings is 1. The molecule has 1 aromatic carbocycles. The summed E-state index contributed by atoms with van der Waals surface area (Å²) in [6.07, 6.45) is 2.16. The number of rotatable bonds is 7. The van der Waals surface area contributed by atoms with Crippen molar-refractivity contribution in [1.29, 1.82) is 0 Å². The molecule has 1 aliphatic rings. The number of amides is 2. The van der Waals surface area contributed by atoms with Crippen LogP contribution in [0.25, 0.3) is 0 Å². The molecule has 2 amide bonds. The van der Waals surface area contributed by atoms with Crippen molar-refractivity contribution in [2.24, 2.45) is 0 Å². The summed E-state index contributed by atoms with van der Waals surface area (Å²) in [6.45, 7) is 4.41.